The highest BCUT2D eigenvalue weighted by molar-refractivity contribution is 7.98. The summed E-state index contributed by atoms with van der Waals surface area (Å²) in [4.78, 5) is 5.24. The number of rotatable bonds is 3. The first-order valence-electron chi connectivity index (χ1n) is 5.57. The van der Waals surface area contributed by atoms with Gasteiger partial charge in [0.2, 0.25) is 0 Å². The van der Waals surface area contributed by atoms with Crippen LogP contribution in [0, 0.1) is 5.82 Å². The molecular formula is C12H16FN3S. The number of benzene rings is 1. The number of halogens is 1. The van der Waals surface area contributed by atoms with E-state index in [-0.39, 0.29) is 5.82 Å². The van der Waals surface area contributed by atoms with E-state index in [1.165, 1.54) is 6.07 Å². The summed E-state index contributed by atoms with van der Waals surface area (Å²) < 4.78 is 13.7. The average molecular weight is 253 g/mol. The smallest absolute Gasteiger partial charge is 0.191 e. The Labute approximate surface area is 105 Å². The van der Waals surface area contributed by atoms with E-state index in [0.717, 1.165) is 17.4 Å². The van der Waals surface area contributed by atoms with Gasteiger partial charge in [0, 0.05) is 23.0 Å². The Bertz CT molecular complexity index is 434. The summed E-state index contributed by atoms with van der Waals surface area (Å²) in [7, 11) is 0. The largest absolute Gasteiger partial charge is 0.352 e. The van der Waals surface area contributed by atoms with Crippen molar-refractivity contribution >= 4 is 17.7 Å². The lowest BCUT2D eigenvalue weighted by molar-refractivity contribution is 0.598. The fourth-order valence-electron chi connectivity index (χ4n) is 1.73. The molecule has 3 nitrogen and oxygen atoms in total. The Morgan fingerprint density at radius 3 is 3.06 bits per heavy atom. The maximum Gasteiger partial charge on any atom is 0.191 e. The summed E-state index contributed by atoms with van der Waals surface area (Å²) in [6.07, 6.45) is 1.95. The van der Waals surface area contributed by atoms with Gasteiger partial charge >= 0.3 is 0 Å². The molecule has 92 valence electrons. The van der Waals surface area contributed by atoms with Gasteiger partial charge < -0.3 is 10.6 Å². The average Bonchev–Trinajstić information content (AvgIpc) is 2.73. The molecule has 17 heavy (non-hydrogen) atoms. The molecule has 1 aromatic carbocycles. The SMILES string of the molecule is CSc1cccc(F)c1CNC1=NCC(C)N1. The first kappa shape index (κ1) is 12.2. The van der Waals surface area contributed by atoms with E-state index in [9.17, 15) is 4.39 Å². The summed E-state index contributed by atoms with van der Waals surface area (Å²) in [5, 5.41) is 6.32. The van der Waals surface area contributed by atoms with Crippen LogP contribution >= 0.6 is 11.8 Å². The van der Waals surface area contributed by atoms with Gasteiger partial charge in [-0.05, 0) is 25.3 Å². The Morgan fingerprint density at radius 2 is 2.41 bits per heavy atom. The number of hydrogen-bond acceptors (Lipinski definition) is 4. The van der Waals surface area contributed by atoms with Crippen LogP contribution in [0.15, 0.2) is 28.1 Å². The van der Waals surface area contributed by atoms with Crippen molar-refractivity contribution in [1.82, 2.24) is 10.6 Å². The number of nitrogens with one attached hydrogen (secondary N) is 2. The number of guanidine groups is 1. The second kappa shape index (κ2) is 5.40. The zero-order valence-electron chi connectivity index (χ0n) is 9.96. The van der Waals surface area contributed by atoms with Gasteiger partial charge in [-0.2, -0.15) is 0 Å². The minimum absolute atomic E-state index is 0.170. The molecule has 1 aliphatic rings. The third kappa shape index (κ3) is 2.91. The quantitative estimate of drug-likeness (QED) is 0.809. The second-order valence-electron chi connectivity index (χ2n) is 4.01. The van der Waals surface area contributed by atoms with Crippen LogP contribution in [0.25, 0.3) is 0 Å². The maximum absolute atomic E-state index is 13.7. The molecule has 0 spiro atoms. The van der Waals surface area contributed by atoms with Gasteiger partial charge in [-0.3, -0.25) is 4.99 Å². The molecule has 0 saturated heterocycles. The normalized spacial score (nSPS) is 18.8. The monoisotopic (exact) mass is 253 g/mol. The molecule has 0 amide bonds. The van der Waals surface area contributed by atoms with Gasteiger partial charge in [-0.25, -0.2) is 4.39 Å². The summed E-state index contributed by atoms with van der Waals surface area (Å²) >= 11 is 1.55. The van der Waals surface area contributed by atoms with Crippen LogP contribution in [0.4, 0.5) is 4.39 Å². The Kier molecular flexibility index (Phi) is 3.89. The van der Waals surface area contributed by atoms with Crippen LogP contribution in [0.1, 0.15) is 12.5 Å². The first-order chi connectivity index (χ1) is 8.20. The van der Waals surface area contributed by atoms with Crippen LogP contribution in [0.3, 0.4) is 0 Å². The molecule has 1 unspecified atom stereocenters. The van der Waals surface area contributed by atoms with E-state index in [0.29, 0.717) is 18.2 Å². The predicted molar refractivity (Wildman–Crippen MR) is 69.9 cm³/mol. The molecule has 2 rings (SSSR count). The Hall–Kier alpha value is -1.23. The van der Waals surface area contributed by atoms with Crippen molar-refractivity contribution < 1.29 is 4.39 Å². The molecule has 0 aromatic heterocycles. The molecule has 1 heterocycles. The van der Waals surface area contributed by atoms with Crippen molar-refractivity contribution in [3.63, 3.8) is 0 Å². The van der Waals surface area contributed by atoms with Crippen molar-refractivity contribution in [2.75, 3.05) is 12.8 Å². The van der Waals surface area contributed by atoms with Gasteiger partial charge in [0.15, 0.2) is 5.96 Å². The van der Waals surface area contributed by atoms with Crippen LogP contribution < -0.4 is 10.6 Å². The van der Waals surface area contributed by atoms with Crippen LogP contribution in [0.2, 0.25) is 0 Å². The molecule has 0 fully saturated rings. The molecule has 0 bridgehead atoms. The number of nitrogens with zero attached hydrogens (tertiary/aromatic N) is 1. The molecule has 2 N–H and O–H groups in total. The molecule has 1 aromatic rings. The fraction of sp³-hybridized carbons (Fsp3) is 0.417. The van der Waals surface area contributed by atoms with Crippen molar-refractivity contribution in [2.24, 2.45) is 4.99 Å². The minimum Gasteiger partial charge on any atom is -0.352 e. The van der Waals surface area contributed by atoms with E-state index >= 15 is 0 Å². The van der Waals surface area contributed by atoms with E-state index < -0.39 is 0 Å². The van der Waals surface area contributed by atoms with Crippen molar-refractivity contribution in [3.8, 4) is 0 Å². The highest BCUT2D eigenvalue weighted by Gasteiger charge is 2.13. The molecule has 0 aliphatic carbocycles. The predicted octanol–water partition coefficient (Wildman–Crippen LogP) is 1.98. The standard InChI is InChI=1S/C12H16FN3S/c1-8-6-14-12(16-8)15-7-9-10(13)4-3-5-11(9)17-2/h3-5,8H,6-7H2,1-2H3,(H2,14,15,16). The van der Waals surface area contributed by atoms with E-state index in [4.69, 9.17) is 0 Å². The number of aliphatic imine (C=N–C) groups is 1. The van der Waals surface area contributed by atoms with Crippen molar-refractivity contribution in [2.45, 2.75) is 24.4 Å². The van der Waals surface area contributed by atoms with E-state index in [1.54, 1.807) is 17.8 Å². The summed E-state index contributed by atoms with van der Waals surface area (Å²) in [5.41, 5.74) is 0.698. The zero-order chi connectivity index (χ0) is 12.3. The first-order valence-corrected chi connectivity index (χ1v) is 6.79. The molecular weight excluding hydrogens is 237 g/mol. The van der Waals surface area contributed by atoms with Crippen LogP contribution in [-0.4, -0.2) is 24.8 Å². The zero-order valence-corrected chi connectivity index (χ0v) is 10.8. The second-order valence-corrected chi connectivity index (χ2v) is 4.86. The van der Waals surface area contributed by atoms with Gasteiger partial charge in [0.1, 0.15) is 5.82 Å². The van der Waals surface area contributed by atoms with Gasteiger partial charge in [-0.1, -0.05) is 6.07 Å². The molecule has 1 atom stereocenters. The van der Waals surface area contributed by atoms with Gasteiger partial charge in [0.05, 0.1) is 6.54 Å². The highest BCUT2D eigenvalue weighted by atomic mass is 32.2. The Morgan fingerprint density at radius 1 is 1.59 bits per heavy atom. The maximum atomic E-state index is 13.7. The lowest BCUT2D eigenvalue weighted by Gasteiger charge is -2.12. The highest BCUT2D eigenvalue weighted by Crippen LogP contribution is 2.22. The molecule has 1 aliphatic heterocycles. The van der Waals surface area contributed by atoms with E-state index in [1.807, 2.05) is 12.3 Å². The minimum atomic E-state index is -0.170. The van der Waals surface area contributed by atoms with Gasteiger partial charge in [-0.15, -0.1) is 11.8 Å². The molecule has 5 heteroatoms. The molecule has 0 saturated carbocycles. The number of hydrogen-bond donors (Lipinski definition) is 2. The third-order valence-electron chi connectivity index (χ3n) is 2.63. The van der Waals surface area contributed by atoms with Crippen LogP contribution in [0.5, 0.6) is 0 Å². The van der Waals surface area contributed by atoms with Crippen LogP contribution in [-0.2, 0) is 6.54 Å². The van der Waals surface area contributed by atoms with Gasteiger partial charge in [0.25, 0.3) is 0 Å². The topological polar surface area (TPSA) is 36.4 Å². The third-order valence-corrected chi connectivity index (χ3v) is 3.46. The molecule has 0 radical (unpaired) electrons. The van der Waals surface area contributed by atoms with E-state index in [2.05, 4.69) is 22.5 Å². The Balaban J connectivity index is 2.03. The summed E-state index contributed by atoms with van der Waals surface area (Å²) in [6, 6.07) is 5.51. The lowest BCUT2D eigenvalue weighted by atomic mass is 10.2. The fourth-order valence-corrected chi connectivity index (χ4v) is 2.36. The summed E-state index contributed by atoms with van der Waals surface area (Å²) in [6.45, 7) is 3.30. The van der Waals surface area contributed by atoms with Crippen molar-refractivity contribution in [3.05, 3.63) is 29.6 Å². The number of thioether (sulfide) groups is 1. The summed E-state index contributed by atoms with van der Waals surface area (Å²) in [5.74, 6) is 0.587. The lowest BCUT2D eigenvalue weighted by Crippen LogP contribution is -2.37. The van der Waals surface area contributed by atoms with Crippen molar-refractivity contribution in [1.29, 1.82) is 0 Å².